The van der Waals surface area contributed by atoms with E-state index in [-0.39, 0.29) is 0 Å². The Labute approximate surface area is 345 Å². The Bertz CT molecular complexity index is 3540. The van der Waals surface area contributed by atoms with Crippen LogP contribution in [0, 0.1) is 0 Å². The molecule has 0 amide bonds. The fraction of sp³-hybridized carbons (Fsp3) is 0. The van der Waals surface area contributed by atoms with Crippen LogP contribution >= 0.6 is 11.3 Å². The number of para-hydroxylation sites is 1. The number of anilines is 3. The third-order valence-corrected chi connectivity index (χ3v) is 13.0. The highest BCUT2D eigenvalue weighted by molar-refractivity contribution is 7.25. The SMILES string of the molecule is c1ccc(-c2ccc(-c3ccc(N(c4ccc(-c5cccc6sc7ccccc7c56)cc4)c4cccc5c4ccc4ccccc45)cc3)c3c2oc2ccccc23)cc1. The van der Waals surface area contributed by atoms with Crippen molar-refractivity contribution in [1.29, 1.82) is 0 Å². The Morgan fingerprint density at radius 2 is 0.932 bits per heavy atom. The monoisotopic (exact) mass is 769 g/mol. The zero-order valence-corrected chi connectivity index (χ0v) is 32.8. The first-order chi connectivity index (χ1) is 29.3. The van der Waals surface area contributed by atoms with Crippen LogP contribution in [-0.4, -0.2) is 0 Å². The van der Waals surface area contributed by atoms with Gasteiger partial charge in [0.25, 0.3) is 0 Å². The van der Waals surface area contributed by atoms with Gasteiger partial charge in [-0.05, 0) is 98.6 Å². The standard InChI is InChI=1S/C56H35NOS/c1-2-12-36(13-3-1)45-35-34-44(55-48-16-6-8-21-51(48)58-56(45)55)39-26-31-41(32-27-39)57(50-20-10-19-46-42-15-5-4-14-37(42)28-33-47(46)50)40-29-24-38(25-30-40)43-18-11-23-53-54(43)49-17-7-9-22-52(49)59-53/h1-35H. The molecule has 0 unspecified atom stereocenters. The fourth-order valence-electron chi connectivity index (χ4n) is 9.16. The summed E-state index contributed by atoms with van der Waals surface area (Å²) in [6.45, 7) is 0. The van der Waals surface area contributed by atoms with Crippen molar-refractivity contribution in [1.82, 2.24) is 0 Å². The van der Waals surface area contributed by atoms with Gasteiger partial charge in [0, 0.05) is 53.3 Å². The molecule has 10 aromatic carbocycles. The van der Waals surface area contributed by atoms with Gasteiger partial charge in [-0.3, -0.25) is 0 Å². The lowest BCUT2D eigenvalue weighted by Gasteiger charge is -2.27. The Morgan fingerprint density at radius 1 is 0.339 bits per heavy atom. The average molecular weight is 770 g/mol. The van der Waals surface area contributed by atoms with Crippen molar-refractivity contribution < 1.29 is 4.42 Å². The van der Waals surface area contributed by atoms with Gasteiger partial charge in [-0.2, -0.15) is 0 Å². The molecule has 59 heavy (non-hydrogen) atoms. The molecule has 0 radical (unpaired) electrons. The quantitative estimate of drug-likeness (QED) is 0.157. The minimum atomic E-state index is 0.894. The molecule has 0 atom stereocenters. The highest BCUT2D eigenvalue weighted by Gasteiger charge is 2.20. The summed E-state index contributed by atoms with van der Waals surface area (Å²) < 4.78 is 9.25. The zero-order valence-electron chi connectivity index (χ0n) is 32.0. The van der Waals surface area contributed by atoms with Gasteiger partial charge < -0.3 is 9.32 Å². The second-order valence-corrected chi connectivity index (χ2v) is 16.3. The highest BCUT2D eigenvalue weighted by Crippen LogP contribution is 2.46. The number of benzene rings is 10. The minimum absolute atomic E-state index is 0.894. The Balaban J connectivity index is 1.02. The van der Waals surface area contributed by atoms with E-state index >= 15 is 0 Å². The summed E-state index contributed by atoms with van der Waals surface area (Å²) in [6.07, 6.45) is 0. The van der Waals surface area contributed by atoms with Gasteiger partial charge >= 0.3 is 0 Å². The molecule has 276 valence electrons. The van der Waals surface area contributed by atoms with Gasteiger partial charge in [0.05, 0.1) is 5.69 Å². The van der Waals surface area contributed by atoms with E-state index < -0.39 is 0 Å². The highest BCUT2D eigenvalue weighted by atomic mass is 32.1. The van der Waals surface area contributed by atoms with E-state index in [2.05, 4.69) is 211 Å². The van der Waals surface area contributed by atoms with Crippen LogP contribution in [0.3, 0.4) is 0 Å². The number of hydrogen-bond donors (Lipinski definition) is 0. The number of furan rings is 1. The number of fused-ring (bicyclic) bond motifs is 9. The summed E-state index contributed by atoms with van der Waals surface area (Å²) in [6, 6.07) is 76.9. The van der Waals surface area contributed by atoms with Gasteiger partial charge in [0.2, 0.25) is 0 Å². The lowest BCUT2D eigenvalue weighted by molar-refractivity contribution is 0.670. The largest absolute Gasteiger partial charge is 0.455 e. The molecule has 0 aliphatic carbocycles. The van der Waals surface area contributed by atoms with Crippen molar-refractivity contribution in [3.8, 4) is 33.4 Å². The molecule has 0 bridgehead atoms. The summed E-state index contributed by atoms with van der Waals surface area (Å²) >= 11 is 1.86. The van der Waals surface area contributed by atoms with E-state index in [9.17, 15) is 0 Å². The molecule has 12 aromatic rings. The predicted molar refractivity (Wildman–Crippen MR) is 253 cm³/mol. The van der Waals surface area contributed by atoms with Gasteiger partial charge in [0.1, 0.15) is 11.2 Å². The van der Waals surface area contributed by atoms with Gasteiger partial charge in [-0.25, -0.2) is 0 Å². The predicted octanol–water partition coefficient (Wildman–Crippen LogP) is 16.7. The van der Waals surface area contributed by atoms with Crippen LogP contribution in [0.15, 0.2) is 217 Å². The van der Waals surface area contributed by atoms with Gasteiger partial charge in [-0.15, -0.1) is 11.3 Å². The lowest BCUT2D eigenvalue weighted by Crippen LogP contribution is -2.10. The third-order valence-electron chi connectivity index (χ3n) is 11.9. The maximum Gasteiger partial charge on any atom is 0.143 e. The zero-order chi connectivity index (χ0) is 38.9. The molecule has 0 N–H and O–H groups in total. The lowest BCUT2D eigenvalue weighted by atomic mass is 9.94. The summed E-state index contributed by atoms with van der Waals surface area (Å²) in [5.74, 6) is 0. The molecule has 0 fully saturated rings. The maximum absolute atomic E-state index is 6.62. The Morgan fingerprint density at radius 3 is 1.73 bits per heavy atom. The molecule has 0 saturated carbocycles. The summed E-state index contributed by atoms with van der Waals surface area (Å²) in [7, 11) is 0. The van der Waals surface area contributed by atoms with Crippen molar-refractivity contribution >= 4 is 92.1 Å². The number of hydrogen-bond acceptors (Lipinski definition) is 3. The third kappa shape index (κ3) is 5.47. The second-order valence-electron chi connectivity index (χ2n) is 15.2. The van der Waals surface area contributed by atoms with Crippen molar-refractivity contribution in [2.75, 3.05) is 4.90 Å². The van der Waals surface area contributed by atoms with Crippen LogP contribution < -0.4 is 4.90 Å². The van der Waals surface area contributed by atoms with Crippen molar-refractivity contribution in [3.63, 3.8) is 0 Å². The van der Waals surface area contributed by atoms with Crippen LogP contribution in [0.1, 0.15) is 0 Å². The number of nitrogens with zero attached hydrogens (tertiary/aromatic N) is 1. The van der Waals surface area contributed by atoms with E-state index in [1.807, 2.05) is 17.4 Å². The number of thiophene rings is 1. The van der Waals surface area contributed by atoms with Crippen LogP contribution in [-0.2, 0) is 0 Å². The van der Waals surface area contributed by atoms with E-state index in [4.69, 9.17) is 4.42 Å². The molecule has 0 saturated heterocycles. The molecule has 2 nitrogen and oxygen atoms in total. The smallest absolute Gasteiger partial charge is 0.143 e. The van der Waals surface area contributed by atoms with E-state index in [1.165, 1.54) is 52.8 Å². The average Bonchev–Trinajstić information content (AvgIpc) is 3.89. The van der Waals surface area contributed by atoms with Crippen molar-refractivity contribution in [3.05, 3.63) is 212 Å². The van der Waals surface area contributed by atoms with Crippen molar-refractivity contribution in [2.45, 2.75) is 0 Å². The summed E-state index contributed by atoms with van der Waals surface area (Å²) in [4.78, 5) is 2.41. The van der Waals surface area contributed by atoms with Crippen LogP contribution in [0.2, 0.25) is 0 Å². The molecular formula is C56H35NOS. The fourth-order valence-corrected chi connectivity index (χ4v) is 10.3. The van der Waals surface area contributed by atoms with Gasteiger partial charge in [0.15, 0.2) is 0 Å². The molecule has 0 spiro atoms. The van der Waals surface area contributed by atoms with Crippen LogP contribution in [0.4, 0.5) is 17.1 Å². The Hall–Kier alpha value is -7.46. The first kappa shape index (κ1) is 33.7. The van der Waals surface area contributed by atoms with Crippen LogP contribution in [0.5, 0.6) is 0 Å². The molecule has 0 aliphatic heterocycles. The summed E-state index contributed by atoms with van der Waals surface area (Å²) in [5.41, 5.74) is 12.1. The molecule has 0 aliphatic rings. The van der Waals surface area contributed by atoms with Crippen molar-refractivity contribution in [2.24, 2.45) is 0 Å². The maximum atomic E-state index is 6.62. The normalized spacial score (nSPS) is 11.7. The topological polar surface area (TPSA) is 16.4 Å². The van der Waals surface area contributed by atoms with Gasteiger partial charge in [-0.1, -0.05) is 158 Å². The first-order valence-corrected chi connectivity index (χ1v) is 20.9. The molecule has 12 rings (SSSR count). The number of rotatable bonds is 6. The first-order valence-electron chi connectivity index (χ1n) is 20.1. The minimum Gasteiger partial charge on any atom is -0.455 e. The van der Waals surface area contributed by atoms with Crippen LogP contribution in [0.25, 0.3) is 97.0 Å². The second kappa shape index (κ2) is 13.6. The molecular weight excluding hydrogens is 735 g/mol. The Kier molecular flexibility index (Phi) is 7.75. The van der Waals surface area contributed by atoms with E-state index in [0.29, 0.717) is 0 Å². The van der Waals surface area contributed by atoms with E-state index in [1.54, 1.807) is 0 Å². The van der Waals surface area contributed by atoms with E-state index in [0.717, 1.165) is 61.3 Å². The molecule has 2 heterocycles. The molecule has 3 heteroatoms. The molecule has 2 aromatic heterocycles. The summed E-state index contributed by atoms with van der Waals surface area (Å²) in [5, 5.41) is 9.83.